The zero-order valence-electron chi connectivity index (χ0n) is 23.5. The van der Waals surface area contributed by atoms with Crippen LogP contribution in [0.1, 0.15) is 92.2 Å². The van der Waals surface area contributed by atoms with Crippen molar-refractivity contribution in [3.8, 4) is 0 Å². The third-order valence-electron chi connectivity index (χ3n) is 5.31. The van der Waals surface area contributed by atoms with Gasteiger partial charge in [0.1, 0.15) is 17.7 Å². The fourth-order valence-corrected chi connectivity index (χ4v) is 4.24. The summed E-state index contributed by atoms with van der Waals surface area (Å²) in [5.74, 6) is 0.169. The molecule has 2 N–H and O–H groups in total. The fraction of sp³-hybridized carbons (Fsp3) is 0.679. The molecular weight excluding hydrogens is 474 g/mol. The van der Waals surface area contributed by atoms with Gasteiger partial charge < -0.3 is 20.3 Å². The first-order valence-electron chi connectivity index (χ1n) is 12.9. The minimum atomic E-state index is -0.809. The van der Waals surface area contributed by atoms with Gasteiger partial charge in [0.25, 0.3) is 0 Å². The van der Waals surface area contributed by atoms with Crippen molar-refractivity contribution in [3.05, 3.63) is 35.9 Å². The van der Waals surface area contributed by atoms with Crippen LogP contribution in [0.2, 0.25) is 0 Å². The number of alkyl carbamates (subject to hydrolysis) is 1. The van der Waals surface area contributed by atoms with Crippen LogP contribution in [-0.2, 0) is 14.3 Å². The maximum absolute atomic E-state index is 14.1. The van der Waals surface area contributed by atoms with E-state index in [4.69, 9.17) is 4.74 Å². The van der Waals surface area contributed by atoms with Crippen molar-refractivity contribution in [2.75, 3.05) is 18.6 Å². The van der Waals surface area contributed by atoms with E-state index in [1.54, 1.807) is 37.4 Å². The molecule has 2 atom stereocenters. The molecule has 0 fully saturated rings. The van der Waals surface area contributed by atoms with Crippen LogP contribution < -0.4 is 10.6 Å². The van der Waals surface area contributed by atoms with Crippen molar-refractivity contribution in [3.63, 3.8) is 0 Å². The normalized spacial score (nSPS) is 13.4. The Morgan fingerprint density at radius 2 is 1.64 bits per heavy atom. The minimum Gasteiger partial charge on any atom is -0.444 e. The highest BCUT2D eigenvalue weighted by Crippen LogP contribution is 2.25. The van der Waals surface area contributed by atoms with Gasteiger partial charge in [0.15, 0.2) is 0 Å². The first-order chi connectivity index (χ1) is 16.8. The quantitative estimate of drug-likeness (QED) is 0.325. The third-order valence-corrected chi connectivity index (χ3v) is 5.95. The van der Waals surface area contributed by atoms with Crippen LogP contribution in [0.15, 0.2) is 30.3 Å². The van der Waals surface area contributed by atoms with Gasteiger partial charge in [0, 0.05) is 12.1 Å². The lowest BCUT2D eigenvalue weighted by Gasteiger charge is -2.36. The molecule has 36 heavy (non-hydrogen) atoms. The summed E-state index contributed by atoms with van der Waals surface area (Å²) in [5, 5.41) is 5.85. The van der Waals surface area contributed by atoms with Crippen LogP contribution in [0, 0.1) is 0 Å². The molecule has 0 spiro atoms. The van der Waals surface area contributed by atoms with Gasteiger partial charge in [0.05, 0.1) is 0 Å². The first kappa shape index (κ1) is 31.8. The second-order valence-corrected chi connectivity index (χ2v) is 12.1. The Bertz CT molecular complexity index is 818. The summed E-state index contributed by atoms with van der Waals surface area (Å²) >= 11 is 1.60. The van der Waals surface area contributed by atoms with E-state index < -0.39 is 29.3 Å². The predicted octanol–water partition coefficient (Wildman–Crippen LogP) is 5.70. The molecule has 8 heteroatoms. The van der Waals surface area contributed by atoms with Gasteiger partial charge in [-0.2, -0.15) is 11.8 Å². The summed E-state index contributed by atoms with van der Waals surface area (Å²) < 4.78 is 5.44. The summed E-state index contributed by atoms with van der Waals surface area (Å²) in [7, 11) is 0. The topological polar surface area (TPSA) is 87.7 Å². The van der Waals surface area contributed by atoms with E-state index in [1.165, 1.54) is 0 Å². The molecule has 3 amide bonds. The average Bonchev–Trinajstić information content (AvgIpc) is 2.76. The highest BCUT2D eigenvalue weighted by Gasteiger charge is 2.36. The first-order valence-corrected chi connectivity index (χ1v) is 14.3. The molecule has 1 aromatic rings. The molecule has 1 aromatic carbocycles. The van der Waals surface area contributed by atoms with Crippen LogP contribution in [0.3, 0.4) is 0 Å². The molecule has 0 heterocycles. The van der Waals surface area contributed by atoms with Gasteiger partial charge in [-0.3, -0.25) is 9.59 Å². The molecule has 0 aliphatic carbocycles. The second kappa shape index (κ2) is 15.1. The largest absolute Gasteiger partial charge is 0.444 e. The van der Waals surface area contributed by atoms with E-state index in [2.05, 4.69) is 17.6 Å². The molecule has 0 aliphatic heterocycles. The smallest absolute Gasteiger partial charge is 0.408 e. The van der Waals surface area contributed by atoms with Crippen LogP contribution in [0.5, 0.6) is 0 Å². The average molecular weight is 522 g/mol. The molecule has 1 rings (SSSR count). The zero-order valence-corrected chi connectivity index (χ0v) is 24.3. The van der Waals surface area contributed by atoms with E-state index in [0.717, 1.165) is 31.2 Å². The maximum atomic E-state index is 14.1. The van der Waals surface area contributed by atoms with Gasteiger partial charge in [-0.15, -0.1) is 0 Å². The summed E-state index contributed by atoms with van der Waals surface area (Å²) in [4.78, 5) is 42.0. The number of ether oxygens (including phenoxy) is 1. The SMILES string of the molecule is CCCCCCN(C(=O)C(CCSC)NC(=O)OC(C)(C)C)C(C(=O)NC(C)(C)C)c1ccccc1. The molecule has 0 saturated carbocycles. The Labute approximate surface area is 222 Å². The van der Waals surface area contributed by atoms with Crippen molar-refractivity contribution in [1.29, 1.82) is 0 Å². The van der Waals surface area contributed by atoms with Crippen LogP contribution in [0.4, 0.5) is 4.79 Å². The Morgan fingerprint density at radius 1 is 1.00 bits per heavy atom. The van der Waals surface area contributed by atoms with E-state index in [9.17, 15) is 14.4 Å². The molecule has 0 aliphatic rings. The number of thioether (sulfide) groups is 1. The van der Waals surface area contributed by atoms with Gasteiger partial charge in [0.2, 0.25) is 11.8 Å². The predicted molar refractivity (Wildman–Crippen MR) is 149 cm³/mol. The highest BCUT2D eigenvalue weighted by molar-refractivity contribution is 7.98. The van der Waals surface area contributed by atoms with E-state index in [0.29, 0.717) is 18.7 Å². The number of unbranched alkanes of at least 4 members (excludes halogenated alkanes) is 3. The number of nitrogens with one attached hydrogen (secondary N) is 2. The summed E-state index contributed by atoms with van der Waals surface area (Å²) in [6, 6.07) is 7.77. The van der Waals surface area contributed by atoms with Crippen molar-refractivity contribution >= 4 is 29.7 Å². The minimum absolute atomic E-state index is 0.238. The standard InChI is InChI=1S/C28H47N3O4S/c1-9-10-11-15-19-31(23(21-16-13-12-14-17-21)24(32)30-27(2,3)4)25(33)22(18-20-36-8)29-26(34)35-28(5,6)7/h12-14,16-17,22-23H,9-11,15,18-20H2,1-8H3,(H,29,34)(H,30,32). The Kier molecular flexibility index (Phi) is 13.4. The van der Waals surface area contributed by atoms with Crippen molar-refractivity contribution in [1.82, 2.24) is 15.5 Å². The number of carbonyl (C=O) groups excluding carboxylic acids is 3. The molecule has 0 saturated heterocycles. The lowest BCUT2D eigenvalue weighted by atomic mass is 10.00. The number of benzene rings is 1. The molecule has 7 nitrogen and oxygen atoms in total. The zero-order chi connectivity index (χ0) is 27.4. The number of amides is 3. The summed E-state index contributed by atoms with van der Waals surface area (Å²) in [6.07, 6.45) is 5.61. The van der Waals surface area contributed by atoms with Gasteiger partial charge in [-0.25, -0.2) is 4.79 Å². The van der Waals surface area contributed by atoms with Crippen molar-refractivity contribution in [2.24, 2.45) is 0 Å². The van der Waals surface area contributed by atoms with Crippen LogP contribution >= 0.6 is 11.8 Å². The highest BCUT2D eigenvalue weighted by atomic mass is 32.2. The number of rotatable bonds is 13. The van der Waals surface area contributed by atoms with Crippen molar-refractivity contribution < 1.29 is 19.1 Å². The molecule has 2 unspecified atom stereocenters. The Balaban J connectivity index is 3.41. The molecule has 0 aromatic heterocycles. The lowest BCUT2D eigenvalue weighted by Crippen LogP contribution is -2.55. The summed E-state index contributed by atoms with van der Waals surface area (Å²) in [6.45, 7) is 13.7. The van der Waals surface area contributed by atoms with E-state index >= 15 is 0 Å². The fourth-order valence-electron chi connectivity index (χ4n) is 3.76. The maximum Gasteiger partial charge on any atom is 0.408 e. The van der Waals surface area contributed by atoms with Crippen LogP contribution in [0.25, 0.3) is 0 Å². The number of hydrogen-bond acceptors (Lipinski definition) is 5. The second-order valence-electron chi connectivity index (χ2n) is 11.1. The van der Waals surface area contributed by atoms with E-state index in [1.807, 2.05) is 57.4 Å². The summed E-state index contributed by atoms with van der Waals surface area (Å²) in [5.41, 5.74) is -0.409. The van der Waals surface area contributed by atoms with Crippen molar-refractivity contribution in [2.45, 2.75) is 104 Å². The third kappa shape index (κ3) is 12.2. The molecule has 0 radical (unpaired) electrons. The number of carbonyl (C=O) groups is 3. The van der Waals surface area contributed by atoms with Gasteiger partial charge >= 0.3 is 6.09 Å². The van der Waals surface area contributed by atoms with E-state index in [-0.39, 0.29) is 11.8 Å². The molecule has 204 valence electrons. The Hall–Kier alpha value is -2.22. The van der Waals surface area contributed by atoms with Crippen LogP contribution in [-0.4, -0.2) is 58.5 Å². The number of hydrogen-bond donors (Lipinski definition) is 2. The molecule has 0 bridgehead atoms. The number of nitrogens with zero attached hydrogens (tertiary/aromatic N) is 1. The van der Waals surface area contributed by atoms with Gasteiger partial charge in [-0.1, -0.05) is 56.5 Å². The monoisotopic (exact) mass is 521 g/mol. The molecular formula is C28H47N3O4S. The Morgan fingerprint density at radius 3 is 2.17 bits per heavy atom. The lowest BCUT2D eigenvalue weighted by molar-refractivity contribution is -0.143. The van der Waals surface area contributed by atoms with Gasteiger partial charge in [-0.05, 0) is 72.0 Å².